The molecular weight excluding hydrogens is 387 g/mol. The molecule has 3 N–H and O–H groups in total. The average molecular weight is 419 g/mol. The molecule has 3 rings (SSSR count). The first-order valence-corrected chi connectivity index (χ1v) is 10.8. The van der Waals surface area contributed by atoms with E-state index in [0.717, 1.165) is 58.8 Å². The molecule has 1 saturated carbocycles. The Morgan fingerprint density at radius 1 is 1.32 bits per heavy atom. The number of hydrazone groups is 1. The maximum absolute atomic E-state index is 14.9. The van der Waals surface area contributed by atoms with E-state index in [0.29, 0.717) is 17.9 Å². The second kappa shape index (κ2) is 10.2. The van der Waals surface area contributed by atoms with Crippen molar-refractivity contribution in [1.29, 1.82) is 0 Å². The first-order valence-electron chi connectivity index (χ1n) is 10.8. The van der Waals surface area contributed by atoms with E-state index in [9.17, 15) is 4.39 Å². The molecular formula is C26H31FN4. The summed E-state index contributed by atoms with van der Waals surface area (Å²) in [6, 6.07) is 7.31. The van der Waals surface area contributed by atoms with Crippen LogP contribution >= 0.6 is 0 Å². The zero-order chi connectivity index (χ0) is 22.4. The van der Waals surface area contributed by atoms with E-state index in [4.69, 9.17) is 5.84 Å². The highest BCUT2D eigenvalue weighted by molar-refractivity contribution is 6.05. The Balaban J connectivity index is 1.78. The van der Waals surface area contributed by atoms with E-state index in [1.165, 1.54) is 0 Å². The van der Waals surface area contributed by atoms with Gasteiger partial charge in [-0.2, -0.15) is 5.10 Å². The zero-order valence-corrected chi connectivity index (χ0v) is 18.6. The van der Waals surface area contributed by atoms with E-state index < -0.39 is 0 Å². The van der Waals surface area contributed by atoms with Crippen LogP contribution in [0.2, 0.25) is 0 Å². The van der Waals surface area contributed by atoms with Gasteiger partial charge in [-0.15, -0.1) is 0 Å². The van der Waals surface area contributed by atoms with Crippen LogP contribution in [0.5, 0.6) is 0 Å². The Bertz CT molecular complexity index is 1050. The van der Waals surface area contributed by atoms with Crippen LogP contribution in [0, 0.1) is 18.7 Å². The third-order valence-electron chi connectivity index (χ3n) is 5.42. The lowest BCUT2D eigenvalue weighted by molar-refractivity contribution is 0.612. The number of rotatable bonds is 9. The summed E-state index contributed by atoms with van der Waals surface area (Å²) in [6.07, 6.45) is 11.4. The summed E-state index contributed by atoms with van der Waals surface area (Å²) in [5, 5.41) is 7.26. The van der Waals surface area contributed by atoms with Crippen LogP contribution in [0.25, 0.3) is 11.1 Å². The number of halogens is 1. The van der Waals surface area contributed by atoms with E-state index in [1.54, 1.807) is 12.3 Å². The quantitative estimate of drug-likeness (QED) is 0.235. The van der Waals surface area contributed by atoms with E-state index in [-0.39, 0.29) is 5.82 Å². The molecule has 5 heteroatoms. The summed E-state index contributed by atoms with van der Waals surface area (Å²) in [5.74, 6) is 5.79. The zero-order valence-electron chi connectivity index (χ0n) is 18.6. The number of nitrogens with one attached hydrogen (secondary N) is 1. The fourth-order valence-corrected chi connectivity index (χ4v) is 3.51. The lowest BCUT2D eigenvalue weighted by Crippen LogP contribution is -2.13. The fraction of sp³-hybridized carbons (Fsp3) is 0.308. The number of aromatic nitrogens is 1. The van der Waals surface area contributed by atoms with Crippen molar-refractivity contribution in [3.8, 4) is 11.1 Å². The van der Waals surface area contributed by atoms with Crippen molar-refractivity contribution in [3.63, 3.8) is 0 Å². The molecule has 31 heavy (non-hydrogen) atoms. The summed E-state index contributed by atoms with van der Waals surface area (Å²) in [5.41, 5.74) is 6.65. The number of benzene rings is 1. The molecule has 1 aromatic heterocycles. The second-order valence-corrected chi connectivity index (χ2v) is 7.91. The molecule has 1 heterocycles. The van der Waals surface area contributed by atoms with Gasteiger partial charge in [0.05, 0.1) is 5.71 Å². The van der Waals surface area contributed by atoms with Gasteiger partial charge >= 0.3 is 0 Å². The monoisotopic (exact) mass is 418 g/mol. The first kappa shape index (κ1) is 22.5. The maximum atomic E-state index is 14.9. The summed E-state index contributed by atoms with van der Waals surface area (Å²) in [4.78, 5) is 4.51. The largest absolute Gasteiger partial charge is 0.359 e. The number of allylic oxidation sites excluding steroid dienone is 4. The van der Waals surface area contributed by atoms with Crippen molar-refractivity contribution in [3.05, 3.63) is 89.3 Å². The number of nitrogens with two attached hydrogens (primary N) is 1. The van der Waals surface area contributed by atoms with Crippen molar-refractivity contribution in [2.45, 2.75) is 46.5 Å². The predicted molar refractivity (Wildman–Crippen MR) is 127 cm³/mol. The van der Waals surface area contributed by atoms with Gasteiger partial charge in [-0.3, -0.25) is 4.98 Å². The number of hydrogen-bond donors (Lipinski definition) is 2. The van der Waals surface area contributed by atoms with Crippen molar-refractivity contribution in [2.24, 2.45) is 16.9 Å². The molecule has 1 aromatic carbocycles. The minimum absolute atomic E-state index is 0.261. The molecule has 0 saturated heterocycles. The molecule has 0 spiro atoms. The molecule has 2 aromatic rings. The first-order chi connectivity index (χ1) is 15.0. The topological polar surface area (TPSA) is 63.3 Å². The molecule has 0 unspecified atom stereocenters. The normalized spacial score (nSPS) is 14.8. The number of nitrogens with zero attached hydrogens (tertiary/aromatic N) is 2. The molecule has 4 nitrogen and oxygen atoms in total. The predicted octanol–water partition coefficient (Wildman–Crippen LogP) is 5.78. The molecule has 162 valence electrons. The average Bonchev–Trinajstić information content (AvgIpc) is 3.59. The maximum Gasteiger partial charge on any atom is 0.127 e. The van der Waals surface area contributed by atoms with E-state index >= 15 is 0 Å². The van der Waals surface area contributed by atoms with Crippen LogP contribution in [0.3, 0.4) is 0 Å². The molecule has 0 atom stereocenters. The molecule has 0 radical (unpaired) electrons. The van der Waals surface area contributed by atoms with Gasteiger partial charge in [-0.1, -0.05) is 37.8 Å². The van der Waals surface area contributed by atoms with Gasteiger partial charge in [0.15, 0.2) is 0 Å². The summed E-state index contributed by atoms with van der Waals surface area (Å²) in [7, 11) is 0. The molecule has 1 aliphatic rings. The van der Waals surface area contributed by atoms with Gasteiger partial charge in [-0.05, 0) is 62.4 Å². The van der Waals surface area contributed by atoms with Crippen LogP contribution in [-0.4, -0.2) is 10.7 Å². The van der Waals surface area contributed by atoms with Gasteiger partial charge in [-0.25, -0.2) is 4.39 Å². The number of pyridine rings is 1. The smallest absolute Gasteiger partial charge is 0.127 e. The van der Waals surface area contributed by atoms with Crippen molar-refractivity contribution in [1.82, 2.24) is 10.3 Å². The lowest BCUT2D eigenvalue weighted by atomic mass is 9.98. The molecule has 0 amide bonds. The standard InChI is InChI=1S/C26H31FN4/c1-5-7-8-23(6-2)30-17(3)13-21-12-11-20(15-25(21)27)22-14-24(18(4)29-16-22)26(31-28)19-9-10-19/h6-8,11-12,14-16,19,30H,3,5,9-10,13,28H2,1-2,4H3/b8-7-,23-6+,31-26-. The van der Waals surface area contributed by atoms with Crippen LogP contribution in [0.1, 0.15) is 49.9 Å². The highest BCUT2D eigenvalue weighted by Gasteiger charge is 2.30. The SMILES string of the molecule is C=C(Cc1ccc(-c2cnc(C)c(/C(=N\N)C3CC3)c2)cc1F)NC(/C=C\CC)=C/C. The van der Waals surface area contributed by atoms with E-state index in [1.807, 2.05) is 44.2 Å². The highest BCUT2D eigenvalue weighted by Crippen LogP contribution is 2.35. The Morgan fingerprint density at radius 3 is 2.71 bits per heavy atom. The highest BCUT2D eigenvalue weighted by atomic mass is 19.1. The number of aryl methyl sites for hydroxylation is 1. The Kier molecular flexibility index (Phi) is 7.40. The summed E-state index contributed by atoms with van der Waals surface area (Å²) >= 11 is 0. The van der Waals surface area contributed by atoms with Crippen LogP contribution in [0.15, 0.2) is 71.8 Å². The van der Waals surface area contributed by atoms with Gasteiger partial charge in [0.1, 0.15) is 5.82 Å². The molecule has 1 fully saturated rings. The Labute approximate surface area is 184 Å². The van der Waals surface area contributed by atoms with Crippen molar-refractivity contribution < 1.29 is 4.39 Å². The summed E-state index contributed by atoms with van der Waals surface area (Å²) < 4.78 is 14.9. The molecule has 0 aliphatic heterocycles. The van der Waals surface area contributed by atoms with Crippen LogP contribution in [0.4, 0.5) is 4.39 Å². The molecule has 1 aliphatic carbocycles. The van der Waals surface area contributed by atoms with Crippen molar-refractivity contribution in [2.75, 3.05) is 0 Å². The molecule has 0 bridgehead atoms. The van der Waals surface area contributed by atoms with Crippen LogP contribution < -0.4 is 11.2 Å². The second-order valence-electron chi connectivity index (χ2n) is 7.91. The fourth-order valence-electron chi connectivity index (χ4n) is 3.51. The third kappa shape index (κ3) is 5.69. The third-order valence-corrected chi connectivity index (χ3v) is 5.42. The van der Waals surface area contributed by atoms with Crippen LogP contribution in [-0.2, 0) is 6.42 Å². The minimum atomic E-state index is -0.261. The number of hydrogen-bond acceptors (Lipinski definition) is 4. The lowest BCUT2D eigenvalue weighted by Gasteiger charge is -2.13. The van der Waals surface area contributed by atoms with E-state index in [2.05, 4.69) is 35.0 Å². The minimum Gasteiger partial charge on any atom is -0.359 e. The Morgan fingerprint density at radius 2 is 2.10 bits per heavy atom. The van der Waals surface area contributed by atoms with Crippen molar-refractivity contribution >= 4 is 5.71 Å². The van der Waals surface area contributed by atoms with Gasteiger partial charge in [0.25, 0.3) is 0 Å². The Hall–Kier alpha value is -3.21. The van der Waals surface area contributed by atoms with Gasteiger partial charge in [0.2, 0.25) is 0 Å². The summed E-state index contributed by atoms with van der Waals surface area (Å²) in [6.45, 7) is 10.0. The van der Waals surface area contributed by atoms with Gasteiger partial charge in [0, 0.05) is 46.8 Å². The van der Waals surface area contributed by atoms with Gasteiger partial charge < -0.3 is 11.2 Å².